The van der Waals surface area contributed by atoms with Crippen molar-refractivity contribution in [3.8, 4) is 16.9 Å². The zero-order chi connectivity index (χ0) is 20.4. The van der Waals surface area contributed by atoms with Gasteiger partial charge in [-0.15, -0.1) is 0 Å². The molecule has 0 aliphatic heterocycles. The number of nitrogens with zero attached hydrogens (tertiary/aromatic N) is 3. The first-order valence-corrected chi connectivity index (χ1v) is 9.07. The number of ether oxygens (including phenoxy) is 1. The van der Waals surface area contributed by atoms with Gasteiger partial charge in [0.15, 0.2) is 0 Å². The summed E-state index contributed by atoms with van der Waals surface area (Å²) in [4.78, 5) is 8.72. The molecule has 4 rings (SSSR count). The van der Waals surface area contributed by atoms with E-state index in [2.05, 4.69) is 25.5 Å². The first-order valence-electron chi connectivity index (χ1n) is 9.07. The Morgan fingerprint density at radius 3 is 2.59 bits per heavy atom. The van der Waals surface area contributed by atoms with Crippen molar-refractivity contribution in [2.75, 3.05) is 19.0 Å². The van der Waals surface area contributed by atoms with E-state index in [1.807, 2.05) is 25.1 Å². The van der Waals surface area contributed by atoms with Crippen molar-refractivity contribution in [1.82, 2.24) is 20.2 Å². The van der Waals surface area contributed by atoms with Crippen molar-refractivity contribution in [1.29, 1.82) is 0 Å². The van der Waals surface area contributed by atoms with Gasteiger partial charge in [-0.25, -0.2) is 14.4 Å². The number of fused-ring (bicyclic) bond motifs is 1. The summed E-state index contributed by atoms with van der Waals surface area (Å²) in [5.41, 5.74) is 3.88. The summed E-state index contributed by atoms with van der Waals surface area (Å²) >= 11 is 0. The van der Waals surface area contributed by atoms with Gasteiger partial charge < -0.3 is 15.2 Å². The molecule has 148 valence electrons. The van der Waals surface area contributed by atoms with Crippen LogP contribution in [-0.2, 0) is 0 Å². The van der Waals surface area contributed by atoms with Gasteiger partial charge in [0.05, 0.1) is 25.5 Å². The fourth-order valence-electron chi connectivity index (χ4n) is 3.21. The topological polar surface area (TPSA) is 95.9 Å². The fourth-order valence-corrected chi connectivity index (χ4v) is 3.21. The predicted octanol–water partition coefficient (Wildman–Crippen LogP) is 3.62. The van der Waals surface area contributed by atoms with E-state index in [1.54, 1.807) is 19.2 Å². The molecule has 7 nitrogen and oxygen atoms in total. The van der Waals surface area contributed by atoms with E-state index >= 15 is 0 Å². The number of aliphatic hydroxyl groups is 1. The molecule has 3 N–H and O–H groups in total. The van der Waals surface area contributed by atoms with Crippen LogP contribution in [0.3, 0.4) is 0 Å². The standard InChI is InChI=1S/C21H20FN5O2/c1-12-7-17(27-26-12)18(10-28)25-21-16-8-14(13-3-5-15(22)6-4-13)9-19(29-2)20(16)23-11-24-21/h3-9,11,18,28H,10H2,1-2H3,(H,26,27)(H,23,24,25). The lowest BCUT2D eigenvalue weighted by Crippen LogP contribution is -2.16. The molecule has 0 bridgehead atoms. The number of H-pyrrole nitrogens is 1. The van der Waals surface area contributed by atoms with Gasteiger partial charge in [-0.3, -0.25) is 5.10 Å². The highest BCUT2D eigenvalue weighted by Crippen LogP contribution is 2.35. The SMILES string of the molecule is COc1cc(-c2ccc(F)cc2)cc2c(NC(CO)c3cc(C)[nH]n3)ncnc12. The van der Waals surface area contributed by atoms with Gasteiger partial charge in [0.25, 0.3) is 0 Å². The van der Waals surface area contributed by atoms with Gasteiger partial charge in [0, 0.05) is 11.1 Å². The molecule has 4 aromatic rings. The molecule has 0 fully saturated rings. The Morgan fingerprint density at radius 1 is 1.14 bits per heavy atom. The monoisotopic (exact) mass is 393 g/mol. The van der Waals surface area contributed by atoms with Crippen LogP contribution in [0.15, 0.2) is 48.8 Å². The highest BCUT2D eigenvalue weighted by atomic mass is 19.1. The fraction of sp³-hybridized carbons (Fsp3) is 0.190. The number of aryl methyl sites for hydroxylation is 1. The molecule has 0 radical (unpaired) electrons. The molecule has 0 saturated carbocycles. The van der Waals surface area contributed by atoms with Crippen LogP contribution in [0.5, 0.6) is 5.75 Å². The summed E-state index contributed by atoms with van der Waals surface area (Å²) in [7, 11) is 1.57. The molecule has 8 heteroatoms. The number of hydrogen-bond acceptors (Lipinski definition) is 6. The molecule has 0 saturated heterocycles. The van der Waals surface area contributed by atoms with Crippen molar-refractivity contribution < 1.29 is 14.2 Å². The van der Waals surface area contributed by atoms with E-state index in [-0.39, 0.29) is 12.4 Å². The Labute approximate surface area is 166 Å². The average molecular weight is 393 g/mol. The second-order valence-corrected chi connectivity index (χ2v) is 6.66. The molecule has 2 heterocycles. The minimum absolute atomic E-state index is 0.162. The van der Waals surface area contributed by atoms with Gasteiger partial charge in [-0.1, -0.05) is 12.1 Å². The summed E-state index contributed by atoms with van der Waals surface area (Å²) in [6.07, 6.45) is 1.44. The number of rotatable bonds is 6. The van der Waals surface area contributed by atoms with Crippen molar-refractivity contribution >= 4 is 16.7 Å². The summed E-state index contributed by atoms with van der Waals surface area (Å²) in [6.45, 7) is 1.73. The number of anilines is 1. The lowest BCUT2D eigenvalue weighted by atomic mass is 10.0. The second kappa shape index (κ2) is 7.84. The highest BCUT2D eigenvalue weighted by molar-refractivity contribution is 5.96. The maximum absolute atomic E-state index is 13.3. The molecule has 2 aromatic carbocycles. The Kier molecular flexibility index (Phi) is 5.09. The number of benzene rings is 2. The maximum Gasteiger partial charge on any atom is 0.145 e. The normalized spacial score (nSPS) is 12.1. The van der Waals surface area contributed by atoms with Gasteiger partial charge in [0.2, 0.25) is 0 Å². The van der Waals surface area contributed by atoms with Crippen LogP contribution in [0, 0.1) is 12.7 Å². The molecular formula is C21H20FN5O2. The Morgan fingerprint density at radius 2 is 1.93 bits per heavy atom. The molecule has 0 amide bonds. The number of aromatic amines is 1. The Balaban J connectivity index is 1.81. The minimum atomic E-state index is -0.446. The van der Waals surface area contributed by atoms with Crippen LogP contribution >= 0.6 is 0 Å². The zero-order valence-electron chi connectivity index (χ0n) is 16.0. The highest BCUT2D eigenvalue weighted by Gasteiger charge is 2.18. The van der Waals surface area contributed by atoms with E-state index in [9.17, 15) is 9.50 Å². The number of aromatic nitrogens is 4. The quantitative estimate of drug-likeness (QED) is 0.463. The van der Waals surface area contributed by atoms with Crippen molar-refractivity contribution in [2.45, 2.75) is 13.0 Å². The average Bonchev–Trinajstić information content (AvgIpc) is 3.17. The summed E-state index contributed by atoms with van der Waals surface area (Å²) < 4.78 is 18.9. The first kappa shape index (κ1) is 18.8. The van der Waals surface area contributed by atoms with Crippen LogP contribution in [-0.4, -0.2) is 39.0 Å². The predicted molar refractivity (Wildman–Crippen MR) is 108 cm³/mol. The van der Waals surface area contributed by atoms with Gasteiger partial charge in [0.1, 0.15) is 29.2 Å². The largest absolute Gasteiger partial charge is 0.494 e. The third-order valence-corrected chi connectivity index (χ3v) is 4.68. The van der Waals surface area contributed by atoms with Crippen molar-refractivity contribution in [2.24, 2.45) is 0 Å². The van der Waals surface area contributed by atoms with Gasteiger partial charge in [-0.05, 0) is 48.4 Å². The summed E-state index contributed by atoms with van der Waals surface area (Å²) in [5.74, 6) is 0.813. The molecule has 1 atom stereocenters. The van der Waals surface area contributed by atoms with Crippen molar-refractivity contribution in [3.63, 3.8) is 0 Å². The second-order valence-electron chi connectivity index (χ2n) is 6.66. The number of hydrogen-bond donors (Lipinski definition) is 3. The number of aliphatic hydroxyl groups excluding tert-OH is 1. The van der Waals surface area contributed by atoms with Gasteiger partial charge >= 0.3 is 0 Å². The van der Waals surface area contributed by atoms with Crippen LogP contribution in [0.2, 0.25) is 0 Å². The molecular weight excluding hydrogens is 373 g/mol. The molecule has 0 aliphatic rings. The van der Waals surface area contributed by atoms with E-state index in [0.29, 0.717) is 22.8 Å². The van der Waals surface area contributed by atoms with Crippen LogP contribution in [0.25, 0.3) is 22.0 Å². The third-order valence-electron chi connectivity index (χ3n) is 4.68. The lowest BCUT2D eigenvalue weighted by molar-refractivity contribution is 0.274. The summed E-state index contributed by atoms with van der Waals surface area (Å²) in [5, 5.41) is 20.9. The number of methoxy groups -OCH3 is 1. The van der Waals surface area contributed by atoms with E-state index in [0.717, 1.165) is 22.2 Å². The van der Waals surface area contributed by atoms with Crippen LogP contribution in [0.1, 0.15) is 17.4 Å². The number of nitrogens with one attached hydrogen (secondary N) is 2. The van der Waals surface area contributed by atoms with E-state index < -0.39 is 6.04 Å². The number of halogens is 1. The molecule has 29 heavy (non-hydrogen) atoms. The maximum atomic E-state index is 13.3. The van der Waals surface area contributed by atoms with Gasteiger partial charge in [-0.2, -0.15) is 5.10 Å². The van der Waals surface area contributed by atoms with Crippen LogP contribution in [0.4, 0.5) is 10.2 Å². The Hall–Kier alpha value is -3.52. The lowest BCUT2D eigenvalue weighted by Gasteiger charge is -2.17. The smallest absolute Gasteiger partial charge is 0.145 e. The summed E-state index contributed by atoms with van der Waals surface area (Å²) in [6, 6.07) is 11.4. The van der Waals surface area contributed by atoms with E-state index in [4.69, 9.17) is 4.74 Å². The van der Waals surface area contributed by atoms with Crippen molar-refractivity contribution in [3.05, 3.63) is 66.0 Å². The molecule has 0 spiro atoms. The minimum Gasteiger partial charge on any atom is -0.494 e. The Bertz CT molecular complexity index is 1140. The third kappa shape index (κ3) is 3.74. The molecule has 1 unspecified atom stereocenters. The zero-order valence-corrected chi connectivity index (χ0v) is 16.0. The van der Waals surface area contributed by atoms with Crippen LogP contribution < -0.4 is 10.1 Å². The van der Waals surface area contributed by atoms with E-state index in [1.165, 1.54) is 18.5 Å². The molecule has 2 aromatic heterocycles. The molecule has 0 aliphatic carbocycles. The first-order chi connectivity index (χ1) is 14.1.